The number of fused-ring (bicyclic) bond motifs is 2. The first-order valence-corrected chi connectivity index (χ1v) is 11.9. The quantitative estimate of drug-likeness (QED) is 0.441. The summed E-state index contributed by atoms with van der Waals surface area (Å²) in [4.78, 5) is 30.9. The average molecular weight is 465 g/mol. The van der Waals surface area contributed by atoms with Gasteiger partial charge in [0.25, 0.3) is 5.91 Å². The van der Waals surface area contributed by atoms with E-state index in [1.54, 1.807) is 29.2 Å². The number of para-hydroxylation sites is 1. The van der Waals surface area contributed by atoms with Gasteiger partial charge in [-0.2, -0.15) is 0 Å². The molecule has 1 amide bonds. The smallest absolute Gasteiger partial charge is 0.290 e. The number of benzene rings is 2. The second kappa shape index (κ2) is 10.3. The molecule has 0 aliphatic carbocycles. The topological polar surface area (TPSA) is 72.2 Å². The zero-order valence-electron chi connectivity index (χ0n) is 20.3. The van der Waals surface area contributed by atoms with E-state index in [-0.39, 0.29) is 17.1 Å². The summed E-state index contributed by atoms with van der Waals surface area (Å²) in [5.41, 5.74) is 1.44. The number of nitrogens with zero attached hydrogens (tertiary/aromatic N) is 2. The first kappa shape index (κ1) is 23.8. The van der Waals surface area contributed by atoms with Gasteiger partial charge in [-0.3, -0.25) is 9.59 Å². The Hall–Kier alpha value is -3.32. The van der Waals surface area contributed by atoms with Crippen LogP contribution in [0.3, 0.4) is 0 Å². The molecule has 1 atom stereocenters. The molecule has 0 unspecified atom stereocenters. The van der Waals surface area contributed by atoms with Gasteiger partial charge >= 0.3 is 0 Å². The summed E-state index contributed by atoms with van der Waals surface area (Å²) in [7, 11) is 4.00. The van der Waals surface area contributed by atoms with E-state index in [2.05, 4.69) is 4.90 Å². The second-order valence-electron chi connectivity index (χ2n) is 8.72. The highest BCUT2D eigenvalue weighted by molar-refractivity contribution is 5.99. The molecule has 180 valence electrons. The first-order valence-electron chi connectivity index (χ1n) is 11.9. The summed E-state index contributed by atoms with van der Waals surface area (Å²) >= 11 is 0. The van der Waals surface area contributed by atoms with Crippen molar-refractivity contribution in [2.24, 2.45) is 0 Å². The Kier molecular flexibility index (Phi) is 7.22. The van der Waals surface area contributed by atoms with Crippen molar-refractivity contribution in [3.8, 4) is 11.5 Å². The van der Waals surface area contributed by atoms with E-state index < -0.39 is 6.04 Å². The fourth-order valence-electron chi connectivity index (χ4n) is 4.40. The zero-order chi connectivity index (χ0) is 24.2. The van der Waals surface area contributed by atoms with Crippen LogP contribution in [0.1, 0.15) is 54.4 Å². The molecule has 3 aromatic rings. The van der Waals surface area contributed by atoms with Crippen molar-refractivity contribution >= 4 is 16.9 Å². The van der Waals surface area contributed by atoms with Gasteiger partial charge in [-0.15, -0.1) is 0 Å². The van der Waals surface area contributed by atoms with Gasteiger partial charge in [0.2, 0.25) is 5.76 Å². The molecular formula is C27H32N2O5. The van der Waals surface area contributed by atoms with E-state index in [0.29, 0.717) is 47.8 Å². The molecular weight excluding hydrogens is 432 g/mol. The van der Waals surface area contributed by atoms with Gasteiger partial charge in [-0.1, -0.05) is 25.1 Å². The number of rotatable bonds is 10. The van der Waals surface area contributed by atoms with Crippen LogP contribution in [0.25, 0.3) is 11.0 Å². The number of hydrogen-bond donors (Lipinski definition) is 0. The third kappa shape index (κ3) is 4.53. The number of amides is 1. The second-order valence-corrected chi connectivity index (χ2v) is 8.72. The van der Waals surface area contributed by atoms with Crippen molar-refractivity contribution in [2.75, 3.05) is 40.4 Å². The zero-order valence-corrected chi connectivity index (χ0v) is 20.3. The molecule has 0 saturated heterocycles. The molecule has 2 heterocycles. The Bertz CT molecular complexity index is 1230. The average Bonchev–Trinajstić information content (AvgIpc) is 3.10. The summed E-state index contributed by atoms with van der Waals surface area (Å²) in [6.45, 7) is 6.34. The number of ether oxygens (including phenoxy) is 2. The van der Waals surface area contributed by atoms with Crippen molar-refractivity contribution in [3.63, 3.8) is 0 Å². The van der Waals surface area contributed by atoms with Gasteiger partial charge in [0.15, 0.2) is 16.9 Å². The van der Waals surface area contributed by atoms with E-state index in [9.17, 15) is 9.59 Å². The molecule has 0 fully saturated rings. The van der Waals surface area contributed by atoms with Crippen molar-refractivity contribution in [3.05, 3.63) is 69.6 Å². The highest BCUT2D eigenvalue weighted by Gasteiger charge is 2.42. The van der Waals surface area contributed by atoms with Crippen molar-refractivity contribution in [1.82, 2.24) is 9.80 Å². The summed E-state index contributed by atoms with van der Waals surface area (Å²) < 4.78 is 17.7. The normalized spacial score (nSPS) is 15.3. The van der Waals surface area contributed by atoms with Gasteiger partial charge in [0.05, 0.1) is 30.2 Å². The number of carbonyl (C=O) groups is 1. The third-order valence-electron chi connectivity index (χ3n) is 5.92. The van der Waals surface area contributed by atoms with Crippen LogP contribution in [0.5, 0.6) is 11.5 Å². The number of hydrogen-bond acceptors (Lipinski definition) is 6. The van der Waals surface area contributed by atoms with Gasteiger partial charge < -0.3 is 23.7 Å². The van der Waals surface area contributed by atoms with E-state index in [1.807, 2.05) is 46.1 Å². The Balaban J connectivity index is 1.84. The molecule has 0 bridgehead atoms. The summed E-state index contributed by atoms with van der Waals surface area (Å²) in [6, 6.07) is 12.2. The van der Waals surface area contributed by atoms with E-state index in [1.165, 1.54) is 0 Å². The molecule has 0 N–H and O–H groups in total. The molecule has 1 aliphatic rings. The lowest BCUT2D eigenvalue weighted by molar-refractivity contribution is 0.0722. The highest BCUT2D eigenvalue weighted by atomic mass is 16.5. The SMILES string of the molecule is CCCOc1ccc([C@@H]2c3c(oc4ccccc4c3=O)C(=O)N2CCCN(C)C)cc1OCC. The van der Waals surface area contributed by atoms with Gasteiger partial charge in [0, 0.05) is 6.54 Å². The predicted octanol–water partition coefficient (Wildman–Crippen LogP) is 4.48. The monoisotopic (exact) mass is 464 g/mol. The molecule has 0 spiro atoms. The molecule has 2 aromatic carbocycles. The van der Waals surface area contributed by atoms with E-state index in [0.717, 1.165) is 24.9 Å². The molecule has 1 aromatic heterocycles. The first-order chi connectivity index (χ1) is 16.5. The molecule has 0 saturated carbocycles. The van der Waals surface area contributed by atoms with Gasteiger partial charge in [-0.25, -0.2) is 0 Å². The van der Waals surface area contributed by atoms with Crippen LogP contribution in [0.2, 0.25) is 0 Å². The minimum atomic E-state index is -0.551. The minimum absolute atomic E-state index is 0.128. The Morgan fingerprint density at radius 3 is 2.56 bits per heavy atom. The highest BCUT2D eigenvalue weighted by Crippen LogP contribution is 2.41. The van der Waals surface area contributed by atoms with Crippen LogP contribution in [0.4, 0.5) is 0 Å². The predicted molar refractivity (Wildman–Crippen MR) is 132 cm³/mol. The summed E-state index contributed by atoms with van der Waals surface area (Å²) in [6.07, 6.45) is 1.65. The summed E-state index contributed by atoms with van der Waals surface area (Å²) in [5, 5.41) is 0.474. The Morgan fingerprint density at radius 1 is 1.03 bits per heavy atom. The molecule has 7 heteroatoms. The largest absolute Gasteiger partial charge is 0.490 e. The van der Waals surface area contributed by atoms with Crippen LogP contribution in [0, 0.1) is 0 Å². The van der Waals surface area contributed by atoms with Crippen LogP contribution in [-0.4, -0.2) is 56.1 Å². The van der Waals surface area contributed by atoms with Crippen LogP contribution in [0.15, 0.2) is 51.7 Å². The number of carbonyl (C=O) groups excluding carboxylic acids is 1. The lowest BCUT2D eigenvalue weighted by Crippen LogP contribution is -2.32. The van der Waals surface area contributed by atoms with Gasteiger partial charge in [0.1, 0.15) is 5.58 Å². The Labute approximate surface area is 199 Å². The summed E-state index contributed by atoms with van der Waals surface area (Å²) in [5.74, 6) is 1.13. The fourth-order valence-corrected chi connectivity index (χ4v) is 4.40. The third-order valence-corrected chi connectivity index (χ3v) is 5.92. The molecule has 4 rings (SSSR count). The molecule has 34 heavy (non-hydrogen) atoms. The van der Waals surface area contributed by atoms with Crippen LogP contribution in [-0.2, 0) is 0 Å². The van der Waals surface area contributed by atoms with Crippen molar-refractivity contribution < 1.29 is 18.7 Å². The van der Waals surface area contributed by atoms with Crippen molar-refractivity contribution in [1.29, 1.82) is 0 Å². The maximum Gasteiger partial charge on any atom is 0.290 e. The van der Waals surface area contributed by atoms with Crippen LogP contribution >= 0.6 is 0 Å². The minimum Gasteiger partial charge on any atom is -0.490 e. The van der Waals surface area contributed by atoms with Crippen molar-refractivity contribution in [2.45, 2.75) is 32.7 Å². The maximum atomic E-state index is 13.6. The Morgan fingerprint density at radius 2 is 1.82 bits per heavy atom. The van der Waals surface area contributed by atoms with E-state index >= 15 is 0 Å². The van der Waals surface area contributed by atoms with Gasteiger partial charge in [-0.05, 0) is 70.2 Å². The molecule has 1 aliphatic heterocycles. The molecule has 0 radical (unpaired) electrons. The lowest BCUT2D eigenvalue weighted by Gasteiger charge is -2.26. The molecule has 7 nitrogen and oxygen atoms in total. The van der Waals surface area contributed by atoms with E-state index in [4.69, 9.17) is 13.9 Å². The lowest BCUT2D eigenvalue weighted by atomic mass is 9.98. The van der Waals surface area contributed by atoms with Crippen LogP contribution < -0.4 is 14.9 Å². The standard InChI is InChI=1S/C27H32N2O5/c1-5-16-33-21-13-12-18(17-22(21)32-6-2)24-23-25(30)19-10-7-8-11-20(19)34-26(23)27(31)29(24)15-9-14-28(3)4/h7-8,10-13,17,24H,5-6,9,14-16H2,1-4H3/t24-/m1/s1. The maximum absolute atomic E-state index is 13.6. The fraction of sp³-hybridized carbons (Fsp3) is 0.407.